The molecule has 0 spiro atoms. The number of carbonyl (C=O) groups is 1. The zero-order chi connectivity index (χ0) is 12.5. The lowest BCUT2D eigenvalue weighted by atomic mass is 10.1. The number of rotatable bonds is 2. The molecule has 0 saturated carbocycles. The second-order valence-corrected chi connectivity index (χ2v) is 6.52. The summed E-state index contributed by atoms with van der Waals surface area (Å²) in [4.78, 5) is 11.6. The number of halogens is 1. The molecule has 0 heterocycles. The van der Waals surface area contributed by atoms with Crippen LogP contribution in [0.1, 0.15) is 15.9 Å². The second kappa shape index (κ2) is 4.70. The maximum atomic E-state index is 11.4. The van der Waals surface area contributed by atoms with Crippen LogP contribution in [0.15, 0.2) is 17.0 Å². The van der Waals surface area contributed by atoms with Crippen molar-refractivity contribution in [3.63, 3.8) is 0 Å². The van der Waals surface area contributed by atoms with Crippen LogP contribution in [0.25, 0.3) is 0 Å². The van der Waals surface area contributed by atoms with E-state index >= 15 is 0 Å². The molecule has 0 N–H and O–H groups in total. The number of benzene rings is 1. The van der Waals surface area contributed by atoms with Gasteiger partial charge in [-0.1, -0.05) is 0 Å². The maximum absolute atomic E-state index is 11.4. The molecule has 1 rings (SSSR count). The smallest absolute Gasteiger partial charge is 0.338 e. The van der Waals surface area contributed by atoms with Crippen LogP contribution >= 0.6 is 22.6 Å². The molecule has 0 aliphatic heterocycles. The zero-order valence-electron chi connectivity index (χ0n) is 9.07. The first kappa shape index (κ1) is 13.4. The Morgan fingerprint density at radius 1 is 1.38 bits per heavy atom. The Hall–Kier alpha value is -0.630. The second-order valence-electron chi connectivity index (χ2n) is 3.34. The molecule has 0 fully saturated rings. The Morgan fingerprint density at radius 3 is 2.38 bits per heavy atom. The van der Waals surface area contributed by atoms with Crippen molar-refractivity contribution in [1.29, 1.82) is 0 Å². The largest absolute Gasteiger partial charge is 0.465 e. The van der Waals surface area contributed by atoms with E-state index < -0.39 is 15.8 Å². The van der Waals surface area contributed by atoms with E-state index in [4.69, 9.17) is 0 Å². The SMILES string of the molecule is COC(=O)c1cc(S(C)(=O)=O)cc(I)c1C. The molecule has 16 heavy (non-hydrogen) atoms. The van der Waals surface area contributed by atoms with Gasteiger partial charge in [0.15, 0.2) is 9.84 Å². The number of hydrogen-bond acceptors (Lipinski definition) is 4. The Balaban J connectivity index is 3.51. The minimum atomic E-state index is -3.32. The standard InChI is InChI=1S/C10H11IO4S/c1-6-8(10(12)15-2)4-7(5-9(6)11)16(3,13)14/h4-5H,1-3H3. The van der Waals surface area contributed by atoms with Crippen LogP contribution in [-0.4, -0.2) is 27.8 Å². The fourth-order valence-corrected chi connectivity index (χ4v) is 2.69. The number of ether oxygens (including phenoxy) is 1. The van der Waals surface area contributed by atoms with Crippen LogP contribution in [0.3, 0.4) is 0 Å². The fraction of sp³-hybridized carbons (Fsp3) is 0.300. The molecule has 0 aliphatic rings. The van der Waals surface area contributed by atoms with Gasteiger partial charge >= 0.3 is 5.97 Å². The summed E-state index contributed by atoms with van der Waals surface area (Å²) in [6.45, 7) is 1.75. The maximum Gasteiger partial charge on any atom is 0.338 e. The first-order chi connectivity index (χ1) is 7.27. The van der Waals surface area contributed by atoms with Crippen LogP contribution in [-0.2, 0) is 14.6 Å². The van der Waals surface area contributed by atoms with Gasteiger partial charge in [0.05, 0.1) is 17.6 Å². The predicted molar refractivity (Wildman–Crippen MR) is 68.3 cm³/mol. The summed E-state index contributed by atoms with van der Waals surface area (Å²) in [6.07, 6.45) is 1.11. The number of sulfone groups is 1. The van der Waals surface area contributed by atoms with Crippen molar-refractivity contribution in [2.75, 3.05) is 13.4 Å². The molecule has 1 aromatic carbocycles. The van der Waals surface area contributed by atoms with Crippen molar-refractivity contribution >= 4 is 38.4 Å². The Bertz CT molecular complexity index is 534. The van der Waals surface area contributed by atoms with Crippen molar-refractivity contribution in [3.8, 4) is 0 Å². The first-order valence-electron chi connectivity index (χ1n) is 4.36. The molecule has 0 aromatic heterocycles. The van der Waals surface area contributed by atoms with Gasteiger partial charge in [0.2, 0.25) is 0 Å². The van der Waals surface area contributed by atoms with E-state index in [-0.39, 0.29) is 10.5 Å². The van der Waals surface area contributed by atoms with Crippen molar-refractivity contribution in [2.45, 2.75) is 11.8 Å². The van der Waals surface area contributed by atoms with Crippen LogP contribution < -0.4 is 0 Å². The summed E-state index contributed by atoms with van der Waals surface area (Å²) in [5.74, 6) is -0.527. The lowest BCUT2D eigenvalue weighted by Gasteiger charge is -2.08. The number of carbonyl (C=O) groups excluding carboxylic acids is 1. The van der Waals surface area contributed by atoms with Crippen LogP contribution in [0, 0.1) is 10.5 Å². The van der Waals surface area contributed by atoms with Gasteiger partial charge in [-0.05, 0) is 47.2 Å². The van der Waals surface area contributed by atoms with E-state index in [1.807, 2.05) is 22.6 Å². The zero-order valence-corrected chi connectivity index (χ0v) is 12.0. The van der Waals surface area contributed by atoms with E-state index in [0.29, 0.717) is 0 Å². The van der Waals surface area contributed by atoms with Gasteiger partial charge in [-0.2, -0.15) is 0 Å². The molecular weight excluding hydrogens is 343 g/mol. The van der Waals surface area contributed by atoms with Gasteiger partial charge in [0.25, 0.3) is 0 Å². The summed E-state index contributed by atoms with van der Waals surface area (Å²) in [6, 6.07) is 2.89. The highest BCUT2D eigenvalue weighted by Gasteiger charge is 2.17. The average Bonchev–Trinajstić information content (AvgIpc) is 2.19. The first-order valence-corrected chi connectivity index (χ1v) is 7.33. The van der Waals surface area contributed by atoms with E-state index in [2.05, 4.69) is 4.74 Å². The summed E-state index contributed by atoms with van der Waals surface area (Å²) in [5, 5.41) is 0. The molecule has 0 atom stereocenters. The molecule has 0 bridgehead atoms. The summed E-state index contributed by atoms with van der Waals surface area (Å²) in [5.41, 5.74) is 1.01. The summed E-state index contributed by atoms with van der Waals surface area (Å²) >= 11 is 1.99. The van der Waals surface area contributed by atoms with E-state index in [1.54, 1.807) is 6.92 Å². The molecule has 4 nitrogen and oxygen atoms in total. The van der Waals surface area contributed by atoms with Crippen molar-refractivity contribution in [1.82, 2.24) is 0 Å². The Labute approximate surface area is 108 Å². The number of methoxy groups -OCH3 is 1. The van der Waals surface area contributed by atoms with Crippen LogP contribution in [0.5, 0.6) is 0 Å². The average molecular weight is 354 g/mol. The third-order valence-electron chi connectivity index (χ3n) is 2.15. The third-order valence-corrected chi connectivity index (χ3v) is 4.36. The number of hydrogen-bond donors (Lipinski definition) is 0. The highest BCUT2D eigenvalue weighted by atomic mass is 127. The minimum absolute atomic E-state index is 0.128. The van der Waals surface area contributed by atoms with Crippen LogP contribution in [0.4, 0.5) is 0 Å². The summed E-state index contributed by atoms with van der Waals surface area (Å²) < 4.78 is 28.1. The molecule has 1 aromatic rings. The van der Waals surface area contributed by atoms with Gasteiger partial charge in [-0.25, -0.2) is 13.2 Å². The molecule has 0 saturated heterocycles. The third kappa shape index (κ3) is 2.73. The highest BCUT2D eigenvalue weighted by Crippen LogP contribution is 2.22. The van der Waals surface area contributed by atoms with E-state index in [1.165, 1.54) is 19.2 Å². The molecule has 0 aliphatic carbocycles. The normalized spacial score (nSPS) is 11.2. The van der Waals surface area contributed by atoms with Gasteiger partial charge in [0, 0.05) is 9.83 Å². The van der Waals surface area contributed by atoms with Crippen LogP contribution in [0.2, 0.25) is 0 Å². The Morgan fingerprint density at radius 2 is 1.94 bits per heavy atom. The molecule has 6 heteroatoms. The van der Waals surface area contributed by atoms with E-state index in [0.717, 1.165) is 15.4 Å². The molecule has 0 amide bonds. The van der Waals surface area contributed by atoms with Gasteiger partial charge in [0.1, 0.15) is 0 Å². The molecule has 88 valence electrons. The monoisotopic (exact) mass is 354 g/mol. The van der Waals surface area contributed by atoms with Gasteiger partial charge < -0.3 is 4.74 Å². The lowest BCUT2D eigenvalue weighted by molar-refractivity contribution is 0.0599. The van der Waals surface area contributed by atoms with Gasteiger partial charge in [-0.3, -0.25) is 0 Å². The number of esters is 1. The molecular formula is C10H11IO4S. The quantitative estimate of drug-likeness (QED) is 0.600. The Kier molecular flexibility index (Phi) is 3.95. The topological polar surface area (TPSA) is 60.4 Å². The van der Waals surface area contributed by atoms with Gasteiger partial charge in [-0.15, -0.1) is 0 Å². The lowest BCUT2D eigenvalue weighted by Crippen LogP contribution is -2.08. The minimum Gasteiger partial charge on any atom is -0.465 e. The fourth-order valence-electron chi connectivity index (χ4n) is 1.19. The van der Waals surface area contributed by atoms with Crippen molar-refractivity contribution < 1.29 is 17.9 Å². The molecule has 0 unspecified atom stereocenters. The molecule has 0 radical (unpaired) electrons. The predicted octanol–water partition coefficient (Wildman–Crippen LogP) is 1.79. The van der Waals surface area contributed by atoms with Crippen molar-refractivity contribution in [2.24, 2.45) is 0 Å². The van der Waals surface area contributed by atoms with Crippen molar-refractivity contribution in [3.05, 3.63) is 26.8 Å². The highest BCUT2D eigenvalue weighted by molar-refractivity contribution is 14.1. The summed E-state index contributed by atoms with van der Waals surface area (Å²) in [7, 11) is -2.05. The van der Waals surface area contributed by atoms with E-state index in [9.17, 15) is 13.2 Å².